The number of rotatable bonds is 5. The van der Waals surface area contributed by atoms with Crippen molar-refractivity contribution >= 4 is 27.7 Å². The van der Waals surface area contributed by atoms with Gasteiger partial charge >= 0.3 is 0 Å². The number of aryl methyl sites for hydroxylation is 1. The van der Waals surface area contributed by atoms with E-state index in [0.717, 1.165) is 38.9 Å². The highest BCUT2D eigenvalue weighted by molar-refractivity contribution is 9.10. The van der Waals surface area contributed by atoms with Crippen LogP contribution in [0.25, 0.3) is 0 Å². The average molecular weight is 339 g/mol. The van der Waals surface area contributed by atoms with Crippen molar-refractivity contribution in [2.45, 2.75) is 29.7 Å². The molecular weight excluding hydrogens is 324 g/mol. The van der Waals surface area contributed by atoms with E-state index in [0.29, 0.717) is 0 Å². The Hall–Kier alpha value is -1.07. The zero-order valence-corrected chi connectivity index (χ0v) is 13.3. The van der Waals surface area contributed by atoms with Gasteiger partial charge in [-0.15, -0.1) is 0 Å². The van der Waals surface area contributed by atoms with E-state index in [1.807, 2.05) is 30.3 Å². The van der Waals surface area contributed by atoms with Crippen LogP contribution in [0.1, 0.15) is 19.2 Å². The molecule has 3 nitrogen and oxygen atoms in total. The first-order valence-corrected chi connectivity index (χ1v) is 7.67. The molecule has 0 aliphatic rings. The van der Waals surface area contributed by atoms with Gasteiger partial charge in [-0.3, -0.25) is 0 Å². The number of hydrogen-bond donors (Lipinski definition) is 0. The smallest absolute Gasteiger partial charge is 0.130 e. The molecule has 0 atom stereocenters. The number of ether oxygens (including phenoxy) is 1. The number of aromatic nitrogens is 2. The quantitative estimate of drug-likeness (QED) is 0.759. The van der Waals surface area contributed by atoms with E-state index in [2.05, 4.69) is 32.8 Å². The molecule has 1 aromatic carbocycles. The Labute approximate surface area is 125 Å². The molecule has 0 spiro atoms. The second-order valence-corrected chi connectivity index (χ2v) is 5.88. The van der Waals surface area contributed by atoms with Crippen LogP contribution in [0.2, 0.25) is 0 Å². The Kier molecular flexibility index (Phi) is 5.22. The fourth-order valence-corrected chi connectivity index (χ4v) is 3.07. The van der Waals surface area contributed by atoms with Gasteiger partial charge in [-0.1, -0.05) is 24.8 Å². The first-order chi connectivity index (χ1) is 9.21. The largest absolute Gasteiger partial charge is 0.497 e. The molecule has 0 aliphatic carbocycles. The second-order valence-electron chi connectivity index (χ2n) is 3.98. The summed E-state index contributed by atoms with van der Waals surface area (Å²) in [6.07, 6.45) is 1.94. The monoisotopic (exact) mass is 338 g/mol. The van der Waals surface area contributed by atoms with Gasteiger partial charge in [0.25, 0.3) is 0 Å². The molecule has 0 amide bonds. The van der Waals surface area contributed by atoms with Gasteiger partial charge in [-0.2, -0.15) is 0 Å². The molecule has 19 heavy (non-hydrogen) atoms. The van der Waals surface area contributed by atoms with Gasteiger partial charge in [-0.05, 0) is 40.5 Å². The molecule has 2 aromatic rings. The Balaban J connectivity index is 2.22. The van der Waals surface area contributed by atoms with Crippen LogP contribution < -0.4 is 4.74 Å². The molecule has 2 rings (SSSR count). The Bertz CT molecular complexity index is 563. The van der Waals surface area contributed by atoms with Crippen molar-refractivity contribution in [2.75, 3.05) is 7.11 Å². The van der Waals surface area contributed by atoms with E-state index in [1.165, 1.54) is 0 Å². The zero-order valence-electron chi connectivity index (χ0n) is 10.9. The lowest BCUT2D eigenvalue weighted by Crippen LogP contribution is -1.96. The van der Waals surface area contributed by atoms with Crippen molar-refractivity contribution < 1.29 is 4.74 Å². The van der Waals surface area contributed by atoms with Gasteiger partial charge in [0.1, 0.15) is 21.2 Å². The van der Waals surface area contributed by atoms with Gasteiger partial charge < -0.3 is 4.74 Å². The summed E-state index contributed by atoms with van der Waals surface area (Å²) in [5.74, 6) is 1.73. The third kappa shape index (κ3) is 4.21. The van der Waals surface area contributed by atoms with E-state index >= 15 is 0 Å². The molecule has 0 unspecified atom stereocenters. The number of methoxy groups -OCH3 is 1. The summed E-state index contributed by atoms with van der Waals surface area (Å²) >= 11 is 5.05. The third-order valence-electron chi connectivity index (χ3n) is 2.45. The summed E-state index contributed by atoms with van der Waals surface area (Å²) < 4.78 is 6.05. The molecular formula is C14H15BrN2OS. The third-order valence-corrected chi connectivity index (χ3v) is 3.77. The lowest BCUT2D eigenvalue weighted by Gasteiger charge is -2.06. The molecule has 0 aliphatic heterocycles. The first-order valence-electron chi connectivity index (χ1n) is 6.06. The number of benzene rings is 1. The summed E-state index contributed by atoms with van der Waals surface area (Å²) in [5, 5.41) is 0.943. The van der Waals surface area contributed by atoms with Crippen LogP contribution in [-0.2, 0) is 6.42 Å². The van der Waals surface area contributed by atoms with Gasteiger partial charge in [0, 0.05) is 17.4 Å². The SMILES string of the molecule is CCCc1nc(Br)cc(Sc2cccc(OC)c2)n1. The van der Waals surface area contributed by atoms with Crippen molar-refractivity contribution in [3.8, 4) is 5.75 Å². The van der Waals surface area contributed by atoms with E-state index in [9.17, 15) is 0 Å². The zero-order chi connectivity index (χ0) is 13.7. The maximum atomic E-state index is 5.22. The van der Waals surface area contributed by atoms with Gasteiger partial charge in [0.05, 0.1) is 7.11 Å². The molecule has 5 heteroatoms. The maximum Gasteiger partial charge on any atom is 0.130 e. The number of nitrogens with zero attached hydrogens (tertiary/aromatic N) is 2. The normalized spacial score (nSPS) is 10.5. The van der Waals surface area contributed by atoms with Crippen molar-refractivity contribution in [2.24, 2.45) is 0 Å². The van der Waals surface area contributed by atoms with Crippen molar-refractivity contribution in [3.63, 3.8) is 0 Å². The van der Waals surface area contributed by atoms with Crippen molar-refractivity contribution in [1.29, 1.82) is 0 Å². The van der Waals surface area contributed by atoms with Crippen LogP contribution in [0.4, 0.5) is 0 Å². The summed E-state index contributed by atoms with van der Waals surface area (Å²) in [4.78, 5) is 10.0. The van der Waals surface area contributed by atoms with E-state index < -0.39 is 0 Å². The predicted molar refractivity (Wildman–Crippen MR) is 80.8 cm³/mol. The number of hydrogen-bond acceptors (Lipinski definition) is 4. The molecule has 0 bridgehead atoms. The molecule has 100 valence electrons. The molecule has 0 fully saturated rings. The van der Waals surface area contributed by atoms with Crippen LogP contribution in [0.15, 0.2) is 44.9 Å². The summed E-state index contributed by atoms with van der Waals surface area (Å²) in [6, 6.07) is 9.89. The minimum atomic E-state index is 0.830. The molecule has 0 saturated heterocycles. The van der Waals surface area contributed by atoms with E-state index in [-0.39, 0.29) is 0 Å². The lowest BCUT2D eigenvalue weighted by molar-refractivity contribution is 0.413. The molecule has 0 radical (unpaired) electrons. The lowest BCUT2D eigenvalue weighted by atomic mass is 10.3. The average Bonchev–Trinajstić information content (AvgIpc) is 2.38. The highest BCUT2D eigenvalue weighted by Gasteiger charge is 2.05. The molecule has 1 heterocycles. The highest BCUT2D eigenvalue weighted by atomic mass is 79.9. The summed E-state index contributed by atoms with van der Waals surface area (Å²) in [6.45, 7) is 2.12. The van der Waals surface area contributed by atoms with E-state index in [4.69, 9.17) is 4.74 Å². The summed E-state index contributed by atoms with van der Waals surface area (Å²) in [7, 11) is 1.67. The highest BCUT2D eigenvalue weighted by Crippen LogP contribution is 2.29. The van der Waals surface area contributed by atoms with Gasteiger partial charge in [-0.25, -0.2) is 9.97 Å². The van der Waals surface area contributed by atoms with Crippen LogP contribution in [0.3, 0.4) is 0 Å². The minimum Gasteiger partial charge on any atom is -0.497 e. The molecule has 0 saturated carbocycles. The summed E-state index contributed by atoms with van der Waals surface area (Å²) in [5.41, 5.74) is 0. The van der Waals surface area contributed by atoms with Crippen LogP contribution >= 0.6 is 27.7 Å². The fraction of sp³-hybridized carbons (Fsp3) is 0.286. The predicted octanol–water partition coefficient (Wildman–Crippen LogP) is 4.35. The maximum absolute atomic E-state index is 5.22. The molecule has 1 aromatic heterocycles. The van der Waals surface area contributed by atoms with Crippen LogP contribution in [0, 0.1) is 0 Å². The van der Waals surface area contributed by atoms with Gasteiger partial charge in [0.15, 0.2) is 0 Å². The minimum absolute atomic E-state index is 0.830. The Morgan fingerprint density at radius 2 is 2.11 bits per heavy atom. The number of halogens is 1. The first kappa shape index (κ1) is 14.3. The van der Waals surface area contributed by atoms with Crippen LogP contribution in [-0.4, -0.2) is 17.1 Å². The van der Waals surface area contributed by atoms with E-state index in [1.54, 1.807) is 18.9 Å². The van der Waals surface area contributed by atoms with Crippen molar-refractivity contribution in [3.05, 3.63) is 40.8 Å². The Morgan fingerprint density at radius 3 is 2.84 bits per heavy atom. The van der Waals surface area contributed by atoms with Gasteiger partial charge in [0.2, 0.25) is 0 Å². The fourth-order valence-electron chi connectivity index (χ4n) is 1.62. The topological polar surface area (TPSA) is 35.0 Å². The standard InChI is InChI=1S/C14H15BrN2OS/c1-3-5-13-16-12(15)9-14(17-13)19-11-7-4-6-10(8-11)18-2/h4,6-9H,3,5H2,1-2H3. The van der Waals surface area contributed by atoms with Crippen LogP contribution in [0.5, 0.6) is 5.75 Å². The second kappa shape index (κ2) is 6.91. The molecule has 0 N–H and O–H groups in total. The van der Waals surface area contributed by atoms with Crippen molar-refractivity contribution in [1.82, 2.24) is 9.97 Å². The Morgan fingerprint density at radius 1 is 1.26 bits per heavy atom.